The molecule has 3 rings (SSSR count). The van der Waals surface area contributed by atoms with Gasteiger partial charge in [0.2, 0.25) is 0 Å². The summed E-state index contributed by atoms with van der Waals surface area (Å²) in [5, 5.41) is 0. The zero-order valence-corrected chi connectivity index (χ0v) is 14.4. The van der Waals surface area contributed by atoms with Gasteiger partial charge in [-0.15, -0.1) is 0 Å². The Morgan fingerprint density at radius 2 is 1.58 bits per heavy atom. The summed E-state index contributed by atoms with van der Waals surface area (Å²) in [6.07, 6.45) is 0. The first-order valence-electron chi connectivity index (χ1n) is 7.37. The predicted molar refractivity (Wildman–Crippen MR) is 90.3 cm³/mol. The molecule has 2 aromatic carbocycles. The van der Waals surface area contributed by atoms with E-state index in [1.54, 1.807) is 24.3 Å². The highest BCUT2D eigenvalue weighted by atomic mass is 79.9. The number of amides is 2. The minimum Gasteiger partial charge on any atom is -0.459 e. The number of halogens is 1. The number of imide groups is 1. The summed E-state index contributed by atoms with van der Waals surface area (Å²) in [7, 11) is 0. The van der Waals surface area contributed by atoms with Crippen molar-refractivity contribution in [2.45, 2.75) is 19.6 Å². The number of rotatable bonds is 4. The van der Waals surface area contributed by atoms with Gasteiger partial charge in [0, 0.05) is 4.47 Å². The quantitative estimate of drug-likeness (QED) is 0.596. The molecule has 0 spiro atoms. The first-order valence-corrected chi connectivity index (χ1v) is 8.16. The average Bonchev–Trinajstić information content (AvgIpc) is 2.85. The Bertz CT molecular complexity index is 781. The smallest absolute Gasteiger partial charge is 0.329 e. The Kier molecular flexibility index (Phi) is 4.49. The summed E-state index contributed by atoms with van der Waals surface area (Å²) in [6, 6.07) is 12.9. The van der Waals surface area contributed by atoms with Crippen molar-refractivity contribution in [1.29, 1.82) is 0 Å². The lowest BCUT2D eigenvalue weighted by Crippen LogP contribution is -2.43. The molecular formula is C18H14BrNO4. The van der Waals surface area contributed by atoms with Crippen molar-refractivity contribution < 1.29 is 19.1 Å². The predicted octanol–water partition coefficient (Wildman–Crippen LogP) is 3.18. The second-order valence-corrected chi connectivity index (χ2v) is 6.35. The Morgan fingerprint density at radius 1 is 1.04 bits per heavy atom. The third-order valence-electron chi connectivity index (χ3n) is 3.85. The fourth-order valence-electron chi connectivity index (χ4n) is 2.52. The van der Waals surface area contributed by atoms with Crippen LogP contribution in [-0.2, 0) is 16.1 Å². The zero-order valence-electron chi connectivity index (χ0n) is 12.9. The maximum atomic E-state index is 12.4. The average molecular weight is 388 g/mol. The summed E-state index contributed by atoms with van der Waals surface area (Å²) in [5.74, 6) is -1.56. The van der Waals surface area contributed by atoms with E-state index in [4.69, 9.17) is 4.74 Å². The van der Waals surface area contributed by atoms with E-state index in [2.05, 4.69) is 15.9 Å². The van der Waals surface area contributed by atoms with Crippen LogP contribution < -0.4 is 0 Å². The van der Waals surface area contributed by atoms with E-state index >= 15 is 0 Å². The molecule has 0 aliphatic carbocycles. The molecule has 1 aliphatic rings. The molecule has 1 atom stereocenters. The molecule has 1 aliphatic heterocycles. The summed E-state index contributed by atoms with van der Waals surface area (Å²) in [5.41, 5.74) is 1.45. The lowest BCUT2D eigenvalue weighted by Gasteiger charge is -2.20. The minimum atomic E-state index is -0.979. The van der Waals surface area contributed by atoms with Crippen LogP contribution in [0.5, 0.6) is 0 Å². The largest absolute Gasteiger partial charge is 0.459 e. The number of carbonyl (C=O) groups excluding carboxylic acids is 3. The van der Waals surface area contributed by atoms with E-state index in [1.807, 2.05) is 24.3 Å². The number of nitrogens with zero attached hydrogens (tertiary/aromatic N) is 1. The van der Waals surface area contributed by atoms with Crippen molar-refractivity contribution >= 4 is 33.7 Å². The molecule has 0 radical (unpaired) electrons. The molecule has 0 saturated carbocycles. The van der Waals surface area contributed by atoms with E-state index in [-0.39, 0.29) is 6.61 Å². The van der Waals surface area contributed by atoms with Crippen molar-refractivity contribution in [2.75, 3.05) is 0 Å². The van der Waals surface area contributed by atoms with Gasteiger partial charge in [0.1, 0.15) is 12.6 Å². The van der Waals surface area contributed by atoms with Gasteiger partial charge < -0.3 is 4.74 Å². The first kappa shape index (κ1) is 16.4. The van der Waals surface area contributed by atoms with Gasteiger partial charge in [0.15, 0.2) is 0 Å². The zero-order chi connectivity index (χ0) is 17.3. The second-order valence-electron chi connectivity index (χ2n) is 5.44. The van der Waals surface area contributed by atoms with Gasteiger partial charge in [-0.05, 0) is 36.8 Å². The van der Waals surface area contributed by atoms with Crippen LogP contribution in [-0.4, -0.2) is 28.7 Å². The molecule has 122 valence electrons. The molecule has 2 amide bonds. The summed E-state index contributed by atoms with van der Waals surface area (Å²) in [4.78, 5) is 37.9. The van der Waals surface area contributed by atoms with Gasteiger partial charge in [-0.1, -0.05) is 40.2 Å². The van der Waals surface area contributed by atoms with Crippen LogP contribution in [0, 0.1) is 0 Å². The SMILES string of the molecule is C[C@@H](C(=O)OCc1ccc(Br)cc1)N1C(=O)c2ccccc2C1=O. The van der Waals surface area contributed by atoms with Crippen molar-refractivity contribution in [2.24, 2.45) is 0 Å². The summed E-state index contributed by atoms with van der Waals surface area (Å²) < 4.78 is 6.17. The summed E-state index contributed by atoms with van der Waals surface area (Å²) in [6.45, 7) is 1.57. The van der Waals surface area contributed by atoms with Gasteiger partial charge in [-0.25, -0.2) is 4.79 Å². The Morgan fingerprint density at radius 3 is 2.12 bits per heavy atom. The Balaban J connectivity index is 1.69. The van der Waals surface area contributed by atoms with Crippen LogP contribution in [0.1, 0.15) is 33.2 Å². The van der Waals surface area contributed by atoms with E-state index in [1.165, 1.54) is 6.92 Å². The molecule has 0 N–H and O–H groups in total. The molecule has 1 heterocycles. The topological polar surface area (TPSA) is 63.7 Å². The third-order valence-corrected chi connectivity index (χ3v) is 4.38. The number of fused-ring (bicyclic) bond motifs is 1. The normalized spacial score (nSPS) is 14.5. The van der Waals surface area contributed by atoms with Gasteiger partial charge in [0.25, 0.3) is 11.8 Å². The molecule has 0 saturated heterocycles. The molecule has 2 aromatic rings. The maximum Gasteiger partial charge on any atom is 0.329 e. The molecule has 6 heteroatoms. The Hall–Kier alpha value is -2.47. The van der Waals surface area contributed by atoms with Crippen molar-refractivity contribution in [3.8, 4) is 0 Å². The van der Waals surface area contributed by atoms with Gasteiger partial charge in [-0.3, -0.25) is 14.5 Å². The van der Waals surface area contributed by atoms with E-state index in [0.717, 1.165) is 14.9 Å². The van der Waals surface area contributed by atoms with E-state index in [9.17, 15) is 14.4 Å². The van der Waals surface area contributed by atoms with Gasteiger partial charge in [-0.2, -0.15) is 0 Å². The summed E-state index contributed by atoms with van der Waals surface area (Å²) >= 11 is 3.33. The molecule has 0 bridgehead atoms. The van der Waals surface area contributed by atoms with Crippen LogP contribution in [0.3, 0.4) is 0 Å². The second kappa shape index (κ2) is 6.57. The standard InChI is InChI=1S/C18H14BrNO4/c1-11(18(23)24-10-12-6-8-13(19)9-7-12)20-16(21)14-4-2-3-5-15(14)17(20)22/h2-9,11H,10H2,1H3/t11-/m0/s1. The number of hydrogen-bond donors (Lipinski definition) is 0. The van der Waals surface area contributed by atoms with Crippen LogP contribution in [0.2, 0.25) is 0 Å². The fourth-order valence-corrected chi connectivity index (χ4v) is 2.79. The van der Waals surface area contributed by atoms with Gasteiger partial charge >= 0.3 is 5.97 Å². The highest BCUT2D eigenvalue weighted by molar-refractivity contribution is 9.10. The number of benzene rings is 2. The van der Waals surface area contributed by atoms with Crippen LogP contribution >= 0.6 is 15.9 Å². The highest BCUT2D eigenvalue weighted by Crippen LogP contribution is 2.25. The molecule has 0 aromatic heterocycles. The molecule has 5 nitrogen and oxygen atoms in total. The Labute approximate surface area is 147 Å². The minimum absolute atomic E-state index is 0.0830. The van der Waals surface area contributed by atoms with Crippen molar-refractivity contribution in [3.05, 3.63) is 69.7 Å². The highest BCUT2D eigenvalue weighted by Gasteiger charge is 2.41. The maximum absolute atomic E-state index is 12.4. The lowest BCUT2D eigenvalue weighted by molar-refractivity contribution is -0.149. The monoisotopic (exact) mass is 387 g/mol. The fraction of sp³-hybridized carbons (Fsp3) is 0.167. The lowest BCUT2D eigenvalue weighted by atomic mass is 10.1. The molecule has 0 fully saturated rings. The van der Waals surface area contributed by atoms with Crippen LogP contribution in [0.15, 0.2) is 53.0 Å². The van der Waals surface area contributed by atoms with Crippen molar-refractivity contribution in [3.63, 3.8) is 0 Å². The van der Waals surface area contributed by atoms with E-state index < -0.39 is 23.8 Å². The van der Waals surface area contributed by atoms with Crippen molar-refractivity contribution in [1.82, 2.24) is 4.90 Å². The molecular weight excluding hydrogens is 374 g/mol. The molecule has 24 heavy (non-hydrogen) atoms. The molecule has 0 unspecified atom stereocenters. The first-order chi connectivity index (χ1) is 11.5. The number of esters is 1. The number of carbonyl (C=O) groups is 3. The van der Waals surface area contributed by atoms with E-state index in [0.29, 0.717) is 11.1 Å². The van der Waals surface area contributed by atoms with Gasteiger partial charge in [0.05, 0.1) is 11.1 Å². The number of hydrogen-bond acceptors (Lipinski definition) is 4. The van der Waals surface area contributed by atoms with Crippen LogP contribution in [0.25, 0.3) is 0 Å². The third kappa shape index (κ3) is 2.97. The van der Waals surface area contributed by atoms with Crippen LogP contribution in [0.4, 0.5) is 0 Å². The number of ether oxygens (including phenoxy) is 1.